The van der Waals surface area contributed by atoms with Gasteiger partial charge < -0.3 is 4.52 Å². The summed E-state index contributed by atoms with van der Waals surface area (Å²) in [6.45, 7) is 3.56. The Labute approximate surface area is 169 Å². The van der Waals surface area contributed by atoms with Gasteiger partial charge in [-0.15, -0.1) is 0 Å². The number of benzene rings is 2. The van der Waals surface area contributed by atoms with Gasteiger partial charge in [0, 0.05) is 17.7 Å². The fourth-order valence-corrected chi connectivity index (χ4v) is 4.31. The maximum Gasteiger partial charge on any atom is 0.244 e. The van der Waals surface area contributed by atoms with Crippen molar-refractivity contribution in [1.82, 2.24) is 19.7 Å². The van der Waals surface area contributed by atoms with Crippen LogP contribution in [0.2, 0.25) is 0 Å². The average Bonchev–Trinajstić information content (AvgIpc) is 3.31. The molecule has 0 amide bonds. The summed E-state index contributed by atoms with van der Waals surface area (Å²) >= 11 is 0. The summed E-state index contributed by atoms with van der Waals surface area (Å²) in [5.41, 5.74) is 3.53. The zero-order chi connectivity index (χ0) is 20.4. The zero-order valence-electron chi connectivity index (χ0n) is 16.0. The molecule has 2 heterocycles. The van der Waals surface area contributed by atoms with Crippen LogP contribution < -0.4 is 4.72 Å². The summed E-state index contributed by atoms with van der Waals surface area (Å²) in [5, 5.41) is 8.34. The molecule has 29 heavy (non-hydrogen) atoms. The Morgan fingerprint density at radius 2 is 1.66 bits per heavy atom. The molecule has 148 valence electrons. The van der Waals surface area contributed by atoms with Crippen LogP contribution in [0, 0.1) is 13.8 Å². The molecular formula is C21H20N4O3S. The van der Waals surface area contributed by atoms with Gasteiger partial charge in [0.15, 0.2) is 0 Å². The summed E-state index contributed by atoms with van der Waals surface area (Å²) in [5.74, 6) is 0.572. The van der Waals surface area contributed by atoms with Gasteiger partial charge in [0.05, 0.1) is 17.6 Å². The molecule has 0 bridgehead atoms. The lowest BCUT2D eigenvalue weighted by Crippen LogP contribution is -2.24. The quantitative estimate of drug-likeness (QED) is 0.526. The van der Waals surface area contributed by atoms with E-state index in [2.05, 4.69) is 15.0 Å². The lowest BCUT2D eigenvalue weighted by atomic mass is 10.1. The minimum absolute atomic E-state index is 0.0673. The van der Waals surface area contributed by atoms with Crippen molar-refractivity contribution in [2.75, 3.05) is 0 Å². The first-order valence-corrected chi connectivity index (χ1v) is 10.6. The van der Waals surface area contributed by atoms with E-state index in [1.54, 1.807) is 18.5 Å². The first-order valence-electron chi connectivity index (χ1n) is 9.07. The molecule has 0 spiro atoms. The van der Waals surface area contributed by atoms with Gasteiger partial charge in [0.1, 0.15) is 16.3 Å². The topological polar surface area (TPSA) is 90.0 Å². The van der Waals surface area contributed by atoms with Crippen LogP contribution in [0.25, 0.3) is 16.9 Å². The molecule has 2 aromatic carbocycles. The Balaban J connectivity index is 1.60. The van der Waals surface area contributed by atoms with Crippen molar-refractivity contribution in [2.45, 2.75) is 25.3 Å². The fourth-order valence-electron chi connectivity index (χ4n) is 3.16. The van der Waals surface area contributed by atoms with Crippen LogP contribution in [0.4, 0.5) is 0 Å². The number of nitrogens with one attached hydrogen (secondary N) is 1. The number of sulfonamides is 1. The largest absolute Gasteiger partial charge is 0.361 e. The van der Waals surface area contributed by atoms with E-state index in [-0.39, 0.29) is 11.4 Å². The Kier molecular flexibility index (Phi) is 5.04. The second kappa shape index (κ2) is 7.65. The molecule has 2 aromatic heterocycles. The summed E-state index contributed by atoms with van der Waals surface area (Å²) in [7, 11) is -3.77. The van der Waals surface area contributed by atoms with Crippen LogP contribution in [0.1, 0.15) is 17.0 Å². The minimum atomic E-state index is -3.77. The molecule has 4 aromatic rings. The Morgan fingerprint density at radius 3 is 2.34 bits per heavy atom. The molecule has 0 aliphatic rings. The van der Waals surface area contributed by atoms with Crippen LogP contribution in [0.5, 0.6) is 0 Å². The number of para-hydroxylation sites is 1. The predicted octanol–water partition coefficient (Wildman–Crippen LogP) is 3.62. The van der Waals surface area contributed by atoms with Crippen molar-refractivity contribution < 1.29 is 12.9 Å². The van der Waals surface area contributed by atoms with Gasteiger partial charge in [-0.2, -0.15) is 5.10 Å². The number of hydrogen-bond acceptors (Lipinski definition) is 5. The van der Waals surface area contributed by atoms with Crippen LogP contribution in [-0.2, 0) is 16.6 Å². The normalized spacial score (nSPS) is 11.7. The first-order chi connectivity index (χ1) is 14.0. The SMILES string of the molecule is Cc1onc(-c2ccccc2)c1CNS(=O)(=O)c1cnn(-c2ccccc2)c1C. The Hall–Kier alpha value is -3.23. The third-order valence-electron chi connectivity index (χ3n) is 4.73. The summed E-state index contributed by atoms with van der Waals surface area (Å²) in [6, 6.07) is 18.9. The van der Waals surface area contributed by atoms with Gasteiger partial charge in [-0.3, -0.25) is 0 Å². The number of nitrogens with zero attached hydrogens (tertiary/aromatic N) is 3. The van der Waals surface area contributed by atoms with E-state index in [4.69, 9.17) is 4.52 Å². The van der Waals surface area contributed by atoms with Gasteiger partial charge in [0.25, 0.3) is 0 Å². The van der Waals surface area contributed by atoms with Crippen molar-refractivity contribution >= 4 is 10.0 Å². The van der Waals surface area contributed by atoms with Gasteiger partial charge in [-0.1, -0.05) is 53.7 Å². The first kappa shape index (κ1) is 19.1. The Morgan fingerprint density at radius 1 is 1.00 bits per heavy atom. The molecule has 0 atom stereocenters. The van der Waals surface area contributed by atoms with Gasteiger partial charge in [-0.25, -0.2) is 17.8 Å². The highest BCUT2D eigenvalue weighted by Gasteiger charge is 2.23. The van der Waals surface area contributed by atoms with Gasteiger partial charge in [0.2, 0.25) is 10.0 Å². The second-order valence-electron chi connectivity index (χ2n) is 6.60. The van der Waals surface area contributed by atoms with Crippen LogP contribution in [-0.4, -0.2) is 23.4 Å². The minimum Gasteiger partial charge on any atom is -0.361 e. The highest BCUT2D eigenvalue weighted by molar-refractivity contribution is 7.89. The van der Waals surface area contributed by atoms with E-state index < -0.39 is 10.0 Å². The molecule has 0 saturated heterocycles. The summed E-state index contributed by atoms with van der Waals surface area (Å²) in [4.78, 5) is 0.136. The van der Waals surface area contributed by atoms with Crippen LogP contribution >= 0.6 is 0 Å². The van der Waals surface area contributed by atoms with E-state index in [1.165, 1.54) is 6.20 Å². The molecule has 0 saturated carbocycles. The molecule has 0 radical (unpaired) electrons. The summed E-state index contributed by atoms with van der Waals surface area (Å²) < 4.78 is 35.4. The van der Waals surface area contributed by atoms with Crippen LogP contribution in [0.3, 0.4) is 0 Å². The maximum atomic E-state index is 12.9. The van der Waals surface area contributed by atoms with Crippen LogP contribution in [0.15, 0.2) is 76.3 Å². The summed E-state index contributed by atoms with van der Waals surface area (Å²) in [6.07, 6.45) is 1.36. The standard InChI is InChI=1S/C21H20N4O3S/c1-15-20(14-22-25(15)18-11-7-4-8-12-18)29(26,27)23-13-19-16(2)28-24-21(19)17-9-5-3-6-10-17/h3-12,14,23H,13H2,1-2H3. The smallest absolute Gasteiger partial charge is 0.244 e. The lowest BCUT2D eigenvalue weighted by molar-refractivity contribution is 0.398. The monoisotopic (exact) mass is 408 g/mol. The third-order valence-corrected chi connectivity index (χ3v) is 6.23. The number of hydrogen-bond donors (Lipinski definition) is 1. The molecule has 7 nitrogen and oxygen atoms in total. The molecule has 4 rings (SSSR count). The number of aromatic nitrogens is 3. The van der Waals surface area contributed by atoms with Crippen molar-refractivity contribution in [3.05, 3.63) is 83.9 Å². The molecule has 0 fully saturated rings. The van der Waals surface area contributed by atoms with Crippen molar-refractivity contribution in [3.8, 4) is 16.9 Å². The fraction of sp³-hybridized carbons (Fsp3) is 0.143. The molecule has 8 heteroatoms. The second-order valence-corrected chi connectivity index (χ2v) is 8.33. The highest BCUT2D eigenvalue weighted by Crippen LogP contribution is 2.26. The van der Waals surface area contributed by atoms with E-state index >= 15 is 0 Å². The van der Waals surface area contributed by atoms with E-state index in [0.717, 1.165) is 11.3 Å². The highest BCUT2D eigenvalue weighted by atomic mass is 32.2. The van der Waals surface area contributed by atoms with E-state index in [1.807, 2.05) is 60.7 Å². The predicted molar refractivity (Wildman–Crippen MR) is 109 cm³/mol. The molecule has 1 N–H and O–H groups in total. The van der Waals surface area contributed by atoms with Gasteiger partial charge >= 0.3 is 0 Å². The molecule has 0 unspecified atom stereocenters. The zero-order valence-corrected chi connectivity index (χ0v) is 16.8. The molecular weight excluding hydrogens is 388 g/mol. The van der Waals surface area contributed by atoms with E-state index in [9.17, 15) is 8.42 Å². The van der Waals surface area contributed by atoms with Gasteiger partial charge in [-0.05, 0) is 26.0 Å². The van der Waals surface area contributed by atoms with Crippen molar-refractivity contribution in [1.29, 1.82) is 0 Å². The number of rotatable bonds is 6. The number of aryl methyl sites for hydroxylation is 1. The van der Waals surface area contributed by atoms with Crippen molar-refractivity contribution in [2.24, 2.45) is 0 Å². The average molecular weight is 408 g/mol. The third kappa shape index (κ3) is 3.72. The molecule has 0 aliphatic heterocycles. The lowest BCUT2D eigenvalue weighted by Gasteiger charge is -2.08. The van der Waals surface area contributed by atoms with Crippen molar-refractivity contribution in [3.63, 3.8) is 0 Å². The molecule has 0 aliphatic carbocycles. The van der Waals surface area contributed by atoms with E-state index in [0.29, 0.717) is 22.7 Å². The Bertz CT molecular complexity index is 1230. The maximum absolute atomic E-state index is 12.9.